The van der Waals surface area contributed by atoms with Crippen molar-refractivity contribution in [2.24, 2.45) is 22.7 Å². The number of hydrogen-bond acceptors (Lipinski definition) is 12. The summed E-state index contributed by atoms with van der Waals surface area (Å²) in [5.74, 6) is -5.71. The fourth-order valence-corrected chi connectivity index (χ4v) is 8.18. The van der Waals surface area contributed by atoms with Crippen LogP contribution >= 0.6 is 0 Å². The molecule has 0 spiro atoms. The molecule has 0 radical (unpaired) electrons. The van der Waals surface area contributed by atoms with Gasteiger partial charge in [-0.05, 0) is 24.1 Å². The van der Waals surface area contributed by atoms with Gasteiger partial charge in [-0.1, -0.05) is 57.7 Å². The van der Waals surface area contributed by atoms with Crippen molar-refractivity contribution in [3.05, 3.63) is 65.5 Å². The van der Waals surface area contributed by atoms with Crippen LogP contribution in [0.25, 0.3) is 6.08 Å². The molecule has 3 aliphatic rings. The van der Waals surface area contributed by atoms with Gasteiger partial charge in [0.2, 0.25) is 0 Å². The second-order valence-electron chi connectivity index (χ2n) is 13.9. The van der Waals surface area contributed by atoms with Crippen molar-refractivity contribution >= 4 is 35.9 Å². The maximum absolute atomic E-state index is 13.1. The van der Waals surface area contributed by atoms with Crippen LogP contribution in [0.15, 0.2) is 59.9 Å². The lowest BCUT2D eigenvalue weighted by Gasteiger charge is -2.64. The minimum Gasteiger partial charge on any atom is -0.462 e. The molecule has 1 aromatic carbocycles. The molecule has 0 aliphatic heterocycles. The van der Waals surface area contributed by atoms with Crippen LogP contribution in [-0.4, -0.2) is 76.2 Å². The Morgan fingerprint density at radius 3 is 1.98 bits per heavy atom. The maximum atomic E-state index is 13.1. The number of allylic oxidation sites excluding steroid dienone is 1. The van der Waals surface area contributed by atoms with Crippen molar-refractivity contribution in [1.82, 2.24) is 0 Å². The van der Waals surface area contributed by atoms with Crippen LogP contribution < -0.4 is 0 Å². The Labute approximate surface area is 286 Å². The lowest BCUT2D eigenvalue weighted by atomic mass is 9.45. The zero-order valence-corrected chi connectivity index (χ0v) is 29.2. The van der Waals surface area contributed by atoms with Gasteiger partial charge >= 0.3 is 29.8 Å². The van der Waals surface area contributed by atoms with Crippen LogP contribution in [0.2, 0.25) is 0 Å². The van der Waals surface area contributed by atoms with E-state index >= 15 is 0 Å². The topological polar surface area (TPSA) is 172 Å². The van der Waals surface area contributed by atoms with Crippen molar-refractivity contribution in [2.75, 3.05) is 0 Å². The standard InChI is InChI=1S/C37H46O12/c1-19-27(49-30(43)16-15-25-13-11-10-12-14-25)18-29(42)36(9)31(19)32(46-22(4)39)26-17-28(45-21(3)38)20(2)37(44,35(26,7)8)34(48-24(6)41)33(36)47-23(5)40/h10-16,26-27,29,31-34,42,44H,1,17-18H2,2-9H3/t26-,27-,29-,31-,32+,33-,34-,36+,37-/m0/s1. The van der Waals surface area contributed by atoms with Crippen LogP contribution in [0.5, 0.6) is 0 Å². The molecule has 1 aromatic rings. The summed E-state index contributed by atoms with van der Waals surface area (Å²) in [5, 5.41) is 25.1. The molecule has 2 fully saturated rings. The number of benzene rings is 1. The van der Waals surface area contributed by atoms with Crippen LogP contribution in [0, 0.1) is 22.7 Å². The molecule has 2 saturated carbocycles. The highest BCUT2D eigenvalue weighted by Gasteiger charge is 2.72. The van der Waals surface area contributed by atoms with E-state index in [-0.39, 0.29) is 29.7 Å². The second-order valence-corrected chi connectivity index (χ2v) is 13.9. The number of hydrogen-bond donors (Lipinski definition) is 2. The molecule has 3 aliphatic carbocycles. The number of carbonyl (C=O) groups is 5. The summed E-state index contributed by atoms with van der Waals surface area (Å²) in [5.41, 5.74) is -4.09. The van der Waals surface area contributed by atoms with Gasteiger partial charge in [0, 0.05) is 74.9 Å². The first kappa shape index (κ1) is 37.5. The number of carbonyl (C=O) groups excluding carboxylic acids is 5. The van der Waals surface area contributed by atoms with Crippen molar-refractivity contribution in [3.63, 3.8) is 0 Å². The summed E-state index contributed by atoms with van der Waals surface area (Å²) in [6.45, 7) is 15.4. The molecule has 0 aromatic heterocycles. The minimum absolute atomic E-state index is 0.0239. The highest BCUT2D eigenvalue weighted by atomic mass is 16.6. The molecule has 4 rings (SSSR count). The van der Waals surface area contributed by atoms with Crippen molar-refractivity contribution < 1.29 is 57.9 Å². The molecule has 12 nitrogen and oxygen atoms in total. The molecule has 49 heavy (non-hydrogen) atoms. The van der Waals surface area contributed by atoms with E-state index in [2.05, 4.69) is 6.58 Å². The van der Waals surface area contributed by atoms with Crippen LogP contribution in [0.1, 0.15) is 73.8 Å². The average molecular weight is 683 g/mol. The SMILES string of the molecule is C=C1[C@@H](OC(=O)C=Cc2ccccc2)C[C@H](O)[C@@]2(C)[C@@H](OC(C)=O)[C@H](OC(C)=O)[C@@]3(O)C(C)=C(OC(C)=O)C[C@@H]([C@@H](OC(C)=O)[C@H]12)C3(C)C. The molecule has 2 N–H and O–H groups in total. The van der Waals surface area contributed by atoms with Crippen molar-refractivity contribution in [3.8, 4) is 0 Å². The Morgan fingerprint density at radius 1 is 0.857 bits per heavy atom. The first-order valence-corrected chi connectivity index (χ1v) is 16.2. The van der Waals surface area contributed by atoms with Gasteiger partial charge in [-0.3, -0.25) is 19.2 Å². The Kier molecular flexibility index (Phi) is 10.7. The number of aliphatic hydroxyl groups excluding tert-OH is 1. The molecular formula is C37H46O12. The van der Waals surface area contributed by atoms with Gasteiger partial charge in [0.05, 0.1) is 6.10 Å². The Hall–Kier alpha value is -4.29. The predicted octanol–water partition coefficient (Wildman–Crippen LogP) is 3.98. The van der Waals surface area contributed by atoms with Crippen molar-refractivity contribution in [1.29, 1.82) is 0 Å². The van der Waals surface area contributed by atoms with E-state index in [1.807, 2.05) is 18.2 Å². The van der Waals surface area contributed by atoms with Gasteiger partial charge < -0.3 is 33.9 Å². The third kappa shape index (κ3) is 6.81. The second kappa shape index (κ2) is 13.9. The van der Waals surface area contributed by atoms with Gasteiger partial charge in [-0.2, -0.15) is 0 Å². The predicted molar refractivity (Wildman–Crippen MR) is 175 cm³/mol. The number of esters is 5. The van der Waals surface area contributed by atoms with E-state index in [9.17, 15) is 34.2 Å². The van der Waals surface area contributed by atoms with Crippen molar-refractivity contribution in [2.45, 2.75) is 104 Å². The first-order chi connectivity index (χ1) is 22.8. The van der Waals surface area contributed by atoms with Crippen LogP contribution in [0.3, 0.4) is 0 Å². The molecule has 0 amide bonds. The largest absolute Gasteiger partial charge is 0.462 e. The molecule has 0 unspecified atom stereocenters. The number of fused-ring (bicyclic) bond motifs is 3. The maximum Gasteiger partial charge on any atom is 0.331 e. The van der Waals surface area contributed by atoms with Gasteiger partial charge in [0.15, 0.2) is 12.2 Å². The van der Waals surface area contributed by atoms with E-state index in [4.69, 9.17) is 23.7 Å². The highest BCUT2D eigenvalue weighted by Crippen LogP contribution is 2.63. The van der Waals surface area contributed by atoms with E-state index in [0.29, 0.717) is 0 Å². The van der Waals surface area contributed by atoms with E-state index in [1.54, 1.807) is 39.0 Å². The number of aliphatic hydroxyl groups is 2. The lowest BCUT2D eigenvalue weighted by Crippen LogP contribution is -2.74. The molecule has 266 valence electrons. The third-order valence-electron chi connectivity index (χ3n) is 10.6. The normalized spacial score (nSPS) is 33.8. The summed E-state index contributed by atoms with van der Waals surface area (Å²) < 4.78 is 29.3. The molecule has 0 heterocycles. The van der Waals surface area contributed by atoms with Crippen LogP contribution in [0.4, 0.5) is 0 Å². The Morgan fingerprint density at radius 2 is 1.43 bits per heavy atom. The van der Waals surface area contributed by atoms with Crippen LogP contribution in [-0.2, 0) is 47.7 Å². The molecule has 12 heteroatoms. The average Bonchev–Trinajstić information content (AvgIpc) is 3.00. The zero-order chi connectivity index (χ0) is 36.6. The summed E-state index contributed by atoms with van der Waals surface area (Å²) in [6.07, 6.45) is -4.45. The Bertz CT molecular complexity index is 1570. The number of ether oxygens (including phenoxy) is 5. The summed E-state index contributed by atoms with van der Waals surface area (Å²) in [6, 6.07) is 9.08. The minimum atomic E-state index is -2.20. The van der Waals surface area contributed by atoms with Gasteiger partial charge in [0.25, 0.3) is 0 Å². The number of rotatable bonds is 7. The smallest absolute Gasteiger partial charge is 0.331 e. The molecule has 9 atom stereocenters. The van der Waals surface area contributed by atoms with E-state index < -0.39 is 88.6 Å². The molecule has 2 bridgehead atoms. The molecule has 0 saturated heterocycles. The van der Waals surface area contributed by atoms with E-state index in [1.165, 1.54) is 26.8 Å². The quantitative estimate of drug-likeness (QED) is 0.184. The monoisotopic (exact) mass is 682 g/mol. The van der Waals surface area contributed by atoms with Gasteiger partial charge in [-0.25, -0.2) is 4.79 Å². The fraction of sp³-hybridized carbons (Fsp3) is 0.541. The third-order valence-corrected chi connectivity index (χ3v) is 10.6. The first-order valence-electron chi connectivity index (χ1n) is 16.2. The zero-order valence-electron chi connectivity index (χ0n) is 29.2. The summed E-state index contributed by atoms with van der Waals surface area (Å²) in [4.78, 5) is 63.9. The Balaban J connectivity index is 1.98. The lowest BCUT2D eigenvalue weighted by molar-refractivity contribution is -0.276. The van der Waals surface area contributed by atoms with Gasteiger partial charge in [-0.15, -0.1) is 0 Å². The van der Waals surface area contributed by atoms with E-state index in [0.717, 1.165) is 19.4 Å². The van der Waals surface area contributed by atoms with Gasteiger partial charge in [0.1, 0.15) is 23.6 Å². The summed E-state index contributed by atoms with van der Waals surface area (Å²) >= 11 is 0. The fourth-order valence-electron chi connectivity index (χ4n) is 8.18. The molecular weight excluding hydrogens is 636 g/mol. The summed E-state index contributed by atoms with van der Waals surface area (Å²) in [7, 11) is 0. The highest BCUT2D eigenvalue weighted by molar-refractivity contribution is 5.87.